The lowest BCUT2D eigenvalue weighted by Gasteiger charge is -2.44. The molecule has 0 unspecified atom stereocenters. The molecule has 2 amide bonds. The molecule has 1 saturated heterocycles. The van der Waals surface area contributed by atoms with Crippen LogP contribution < -0.4 is 5.32 Å². The molecular formula is C13H18N2O6S. The lowest BCUT2D eigenvalue weighted by molar-refractivity contribution is -0.161. The molecule has 2 heterocycles. The van der Waals surface area contributed by atoms with Crippen molar-refractivity contribution in [3.63, 3.8) is 0 Å². The highest BCUT2D eigenvalue weighted by molar-refractivity contribution is 8.03. The Morgan fingerprint density at radius 1 is 1.55 bits per heavy atom. The fraction of sp³-hybridized carbons (Fsp3) is 0.615. The van der Waals surface area contributed by atoms with Gasteiger partial charge in [-0.25, -0.2) is 9.59 Å². The number of methoxy groups -OCH3 is 1. The molecule has 9 heteroatoms. The Morgan fingerprint density at radius 3 is 2.77 bits per heavy atom. The number of nitrogens with zero attached hydrogens (tertiary/aromatic N) is 1. The Kier molecular flexibility index (Phi) is 4.97. The van der Waals surface area contributed by atoms with Crippen LogP contribution in [-0.4, -0.2) is 64.6 Å². The highest BCUT2D eigenvalue weighted by atomic mass is 32.2. The Labute approximate surface area is 131 Å². The number of ether oxygens (including phenoxy) is 1. The molecule has 122 valence electrons. The zero-order valence-electron chi connectivity index (χ0n) is 12.2. The SMILES string of the molecule is COC(=O)NCCSC1=C(C(=O)O)N2C(=O)[C@H]([C@@H](C)O)[C@H]2C1. The molecule has 2 rings (SSSR count). The van der Waals surface area contributed by atoms with Crippen LogP contribution in [0, 0.1) is 5.92 Å². The van der Waals surface area contributed by atoms with Gasteiger partial charge in [0.1, 0.15) is 5.70 Å². The molecule has 0 radical (unpaired) electrons. The van der Waals surface area contributed by atoms with Crippen LogP contribution in [0.3, 0.4) is 0 Å². The molecular weight excluding hydrogens is 312 g/mol. The lowest BCUT2D eigenvalue weighted by atomic mass is 9.83. The highest BCUT2D eigenvalue weighted by Crippen LogP contribution is 2.46. The normalized spacial score (nSPS) is 24.7. The largest absolute Gasteiger partial charge is 0.477 e. The van der Waals surface area contributed by atoms with Crippen molar-refractivity contribution in [3.05, 3.63) is 10.6 Å². The first-order valence-electron chi connectivity index (χ1n) is 6.80. The molecule has 2 aliphatic rings. The van der Waals surface area contributed by atoms with E-state index in [4.69, 9.17) is 0 Å². The van der Waals surface area contributed by atoms with E-state index >= 15 is 0 Å². The van der Waals surface area contributed by atoms with Gasteiger partial charge >= 0.3 is 12.1 Å². The molecule has 0 saturated carbocycles. The summed E-state index contributed by atoms with van der Waals surface area (Å²) < 4.78 is 4.43. The van der Waals surface area contributed by atoms with Gasteiger partial charge in [0.05, 0.1) is 25.2 Å². The van der Waals surface area contributed by atoms with E-state index in [0.717, 1.165) is 0 Å². The quantitative estimate of drug-likeness (QED) is 0.463. The van der Waals surface area contributed by atoms with Gasteiger partial charge in [0.15, 0.2) is 0 Å². The summed E-state index contributed by atoms with van der Waals surface area (Å²) in [5.41, 5.74) is -0.00466. The van der Waals surface area contributed by atoms with Crippen LogP contribution in [0.2, 0.25) is 0 Å². The summed E-state index contributed by atoms with van der Waals surface area (Å²) >= 11 is 1.29. The topological polar surface area (TPSA) is 116 Å². The van der Waals surface area contributed by atoms with Gasteiger partial charge in [0.25, 0.3) is 0 Å². The zero-order chi connectivity index (χ0) is 16.4. The Balaban J connectivity index is 2.00. The van der Waals surface area contributed by atoms with Crippen LogP contribution >= 0.6 is 11.8 Å². The van der Waals surface area contributed by atoms with Gasteiger partial charge in [-0.05, 0) is 6.92 Å². The van der Waals surface area contributed by atoms with Crippen LogP contribution in [0.4, 0.5) is 4.79 Å². The van der Waals surface area contributed by atoms with Gasteiger partial charge in [0.2, 0.25) is 5.91 Å². The minimum atomic E-state index is -1.15. The number of alkyl carbamates (subject to hydrolysis) is 1. The molecule has 0 aromatic heterocycles. The molecule has 0 aromatic carbocycles. The van der Waals surface area contributed by atoms with Gasteiger partial charge in [-0.15, -0.1) is 11.8 Å². The van der Waals surface area contributed by atoms with Crippen LogP contribution in [0.15, 0.2) is 10.6 Å². The summed E-state index contributed by atoms with van der Waals surface area (Å²) in [5, 5.41) is 21.4. The van der Waals surface area contributed by atoms with E-state index in [-0.39, 0.29) is 17.6 Å². The first-order valence-corrected chi connectivity index (χ1v) is 7.79. The average Bonchev–Trinajstić information content (AvgIpc) is 2.77. The first-order chi connectivity index (χ1) is 10.4. The number of rotatable bonds is 6. The molecule has 8 nitrogen and oxygen atoms in total. The van der Waals surface area contributed by atoms with Gasteiger partial charge in [-0.3, -0.25) is 4.79 Å². The maximum Gasteiger partial charge on any atom is 0.406 e. The van der Waals surface area contributed by atoms with Crippen LogP contribution in [0.1, 0.15) is 13.3 Å². The Hall–Kier alpha value is -1.74. The van der Waals surface area contributed by atoms with Crippen molar-refractivity contribution in [2.24, 2.45) is 5.92 Å². The number of carbonyl (C=O) groups excluding carboxylic acids is 2. The second-order valence-corrected chi connectivity index (χ2v) is 6.28. The monoisotopic (exact) mass is 330 g/mol. The second-order valence-electron chi connectivity index (χ2n) is 5.09. The van der Waals surface area contributed by atoms with E-state index in [2.05, 4.69) is 10.1 Å². The van der Waals surface area contributed by atoms with E-state index < -0.39 is 24.1 Å². The molecule has 0 bridgehead atoms. The van der Waals surface area contributed by atoms with Crippen LogP contribution in [0.5, 0.6) is 0 Å². The van der Waals surface area contributed by atoms with Gasteiger partial charge in [-0.1, -0.05) is 0 Å². The number of thioether (sulfide) groups is 1. The molecule has 2 aliphatic heterocycles. The van der Waals surface area contributed by atoms with Crippen molar-refractivity contribution in [1.29, 1.82) is 0 Å². The summed E-state index contributed by atoms with van der Waals surface area (Å²) in [4.78, 5) is 36.2. The third kappa shape index (κ3) is 2.91. The predicted molar refractivity (Wildman–Crippen MR) is 77.9 cm³/mol. The minimum Gasteiger partial charge on any atom is -0.477 e. The average molecular weight is 330 g/mol. The molecule has 22 heavy (non-hydrogen) atoms. The van der Waals surface area contributed by atoms with Crippen molar-refractivity contribution in [1.82, 2.24) is 10.2 Å². The number of carbonyl (C=O) groups is 3. The second kappa shape index (κ2) is 6.57. The number of aliphatic carboxylic acids is 1. The fourth-order valence-corrected chi connectivity index (χ4v) is 3.82. The lowest BCUT2D eigenvalue weighted by Crippen LogP contribution is -2.61. The minimum absolute atomic E-state index is 0.00466. The van der Waals surface area contributed by atoms with Crippen LogP contribution in [0.25, 0.3) is 0 Å². The summed E-state index contributed by atoms with van der Waals surface area (Å²) in [5.74, 6) is -1.57. The molecule has 0 spiro atoms. The van der Waals surface area contributed by atoms with Crippen molar-refractivity contribution in [3.8, 4) is 0 Å². The summed E-state index contributed by atoms with van der Waals surface area (Å²) in [6.07, 6.45) is -0.923. The van der Waals surface area contributed by atoms with E-state index in [1.807, 2.05) is 0 Å². The van der Waals surface area contributed by atoms with E-state index in [9.17, 15) is 24.6 Å². The number of carboxylic acid groups (broad SMARTS) is 1. The number of aliphatic hydroxyl groups excluding tert-OH is 1. The molecule has 3 atom stereocenters. The van der Waals surface area contributed by atoms with E-state index in [1.54, 1.807) is 0 Å². The number of fused-ring (bicyclic) bond motifs is 1. The standard InChI is InChI=1S/C13H18N2O6S/c1-6(16)9-7-5-8(22-4-3-14-13(20)21-2)10(12(18)19)15(7)11(9)17/h6-7,9,16H,3-5H2,1-2H3,(H,14,20)(H,18,19)/t6-,7-,9-/m1/s1. The number of nitrogens with one attached hydrogen (secondary N) is 1. The first kappa shape index (κ1) is 16.6. The Bertz CT molecular complexity index is 533. The number of carboxylic acids is 1. The third-order valence-corrected chi connectivity index (χ3v) is 4.84. The Morgan fingerprint density at radius 2 is 2.23 bits per heavy atom. The van der Waals surface area contributed by atoms with E-state index in [0.29, 0.717) is 23.6 Å². The summed E-state index contributed by atoms with van der Waals surface area (Å²) in [7, 11) is 1.26. The van der Waals surface area contributed by atoms with Crippen molar-refractivity contribution in [2.75, 3.05) is 19.4 Å². The van der Waals surface area contributed by atoms with Gasteiger partial charge < -0.3 is 25.2 Å². The maximum absolute atomic E-state index is 12.0. The van der Waals surface area contributed by atoms with Crippen LogP contribution in [-0.2, 0) is 14.3 Å². The summed E-state index contributed by atoms with van der Waals surface area (Å²) in [6, 6.07) is -0.283. The molecule has 0 aliphatic carbocycles. The van der Waals surface area contributed by atoms with Gasteiger partial charge in [0, 0.05) is 23.6 Å². The molecule has 3 N–H and O–H groups in total. The smallest absolute Gasteiger partial charge is 0.406 e. The third-order valence-electron chi connectivity index (χ3n) is 3.72. The maximum atomic E-state index is 12.0. The van der Waals surface area contributed by atoms with Crippen molar-refractivity contribution < 1.29 is 29.3 Å². The number of hydrogen-bond acceptors (Lipinski definition) is 6. The summed E-state index contributed by atoms with van der Waals surface area (Å²) in [6.45, 7) is 1.86. The zero-order valence-corrected chi connectivity index (χ0v) is 13.1. The molecule has 0 aromatic rings. The predicted octanol–water partition coefficient (Wildman–Crippen LogP) is -0.0167. The van der Waals surface area contributed by atoms with Gasteiger partial charge in [-0.2, -0.15) is 0 Å². The fourth-order valence-electron chi connectivity index (χ4n) is 2.76. The number of β-lactam (4-membered cyclic amide) rings is 1. The molecule has 1 fully saturated rings. The van der Waals surface area contributed by atoms with E-state index in [1.165, 1.54) is 30.7 Å². The number of aliphatic hydroxyl groups is 1. The van der Waals surface area contributed by atoms with Crippen molar-refractivity contribution in [2.45, 2.75) is 25.5 Å². The highest BCUT2D eigenvalue weighted by Gasteiger charge is 2.56. The number of hydrogen-bond donors (Lipinski definition) is 3. The number of amides is 2. The van der Waals surface area contributed by atoms with Crippen molar-refractivity contribution >= 4 is 29.7 Å².